The predicted octanol–water partition coefficient (Wildman–Crippen LogP) is 2.90. The number of thiophene rings is 1. The maximum atomic E-state index is 10.8. The van der Waals surface area contributed by atoms with Crippen LogP contribution in [0.1, 0.15) is 11.3 Å². The molecule has 0 bridgehead atoms. The monoisotopic (exact) mass is 335 g/mol. The zero-order valence-electron chi connectivity index (χ0n) is 9.26. The van der Waals surface area contributed by atoms with E-state index >= 15 is 0 Å². The average Bonchev–Trinajstić information content (AvgIpc) is 2.66. The fourth-order valence-electron chi connectivity index (χ4n) is 1.92. The minimum Gasteiger partial charge on any atom is -0.481 e. The topological polar surface area (TPSA) is 40.5 Å². The van der Waals surface area contributed by atoms with Crippen LogP contribution in [0.15, 0.2) is 15.9 Å². The summed E-state index contributed by atoms with van der Waals surface area (Å²) in [6.45, 7) is 1.85. The molecular weight excluding hydrogens is 322 g/mol. The molecule has 17 heavy (non-hydrogen) atoms. The molecule has 94 valence electrons. The van der Waals surface area contributed by atoms with Crippen molar-refractivity contribution >= 4 is 45.0 Å². The number of aliphatic carboxylic acids is 1. The number of nitrogens with zero attached hydrogens (tertiary/aromatic N) is 1. The fraction of sp³-hybridized carbons (Fsp3) is 0.545. The van der Waals surface area contributed by atoms with Crippen molar-refractivity contribution in [2.24, 2.45) is 0 Å². The third-order valence-electron chi connectivity index (χ3n) is 2.74. The maximum Gasteiger partial charge on any atom is 0.304 e. The molecule has 1 atom stereocenters. The Morgan fingerprint density at radius 3 is 3.12 bits per heavy atom. The van der Waals surface area contributed by atoms with Crippen molar-refractivity contribution in [3.05, 3.63) is 20.8 Å². The van der Waals surface area contributed by atoms with Gasteiger partial charge in [0.05, 0.1) is 6.42 Å². The zero-order chi connectivity index (χ0) is 12.3. The highest BCUT2D eigenvalue weighted by molar-refractivity contribution is 9.10. The van der Waals surface area contributed by atoms with E-state index in [-0.39, 0.29) is 12.5 Å². The molecule has 1 unspecified atom stereocenters. The summed E-state index contributed by atoms with van der Waals surface area (Å²) in [5, 5.41) is 11.0. The molecule has 2 rings (SSSR count). The lowest BCUT2D eigenvalue weighted by Gasteiger charge is -2.34. The minimum absolute atomic E-state index is 0.173. The second-order valence-corrected chi connectivity index (χ2v) is 7.09. The Kier molecular flexibility index (Phi) is 4.90. The lowest BCUT2D eigenvalue weighted by atomic mass is 10.2. The highest BCUT2D eigenvalue weighted by Gasteiger charge is 2.25. The molecule has 3 nitrogen and oxygen atoms in total. The largest absolute Gasteiger partial charge is 0.481 e. The standard InChI is InChI=1S/C11H14BrNO2S2/c12-8-3-10(17-6-8)5-13-1-2-16-7-9(13)4-11(14)15/h3,6,9H,1-2,4-5,7H2,(H,14,15). The molecule has 0 aliphatic carbocycles. The van der Waals surface area contributed by atoms with Gasteiger partial charge in [-0.3, -0.25) is 9.69 Å². The summed E-state index contributed by atoms with van der Waals surface area (Å²) in [5.41, 5.74) is 0. The summed E-state index contributed by atoms with van der Waals surface area (Å²) in [4.78, 5) is 14.4. The van der Waals surface area contributed by atoms with Gasteiger partial charge in [-0.2, -0.15) is 11.8 Å². The van der Waals surface area contributed by atoms with E-state index in [0.29, 0.717) is 0 Å². The first-order valence-corrected chi connectivity index (χ1v) is 8.24. The van der Waals surface area contributed by atoms with Crippen molar-refractivity contribution in [2.75, 3.05) is 18.1 Å². The first-order valence-electron chi connectivity index (χ1n) is 5.41. The normalized spacial score (nSPS) is 21.6. The Labute approximate surface area is 117 Å². The molecular formula is C11H14BrNO2S2. The molecule has 1 aromatic rings. The van der Waals surface area contributed by atoms with Gasteiger partial charge in [0.15, 0.2) is 0 Å². The molecule has 1 fully saturated rings. The Bertz CT molecular complexity index is 397. The molecule has 1 saturated heterocycles. The Balaban J connectivity index is 1.98. The molecule has 0 spiro atoms. The van der Waals surface area contributed by atoms with Gasteiger partial charge in [0.2, 0.25) is 0 Å². The van der Waals surface area contributed by atoms with Gasteiger partial charge in [0.25, 0.3) is 0 Å². The van der Waals surface area contributed by atoms with Gasteiger partial charge in [-0.15, -0.1) is 11.3 Å². The van der Waals surface area contributed by atoms with Crippen LogP contribution in [0.5, 0.6) is 0 Å². The number of carboxylic acid groups (broad SMARTS) is 1. The lowest BCUT2D eigenvalue weighted by molar-refractivity contribution is -0.138. The van der Waals surface area contributed by atoms with E-state index < -0.39 is 5.97 Å². The molecule has 0 radical (unpaired) electrons. The van der Waals surface area contributed by atoms with Crippen LogP contribution < -0.4 is 0 Å². The van der Waals surface area contributed by atoms with Crippen LogP contribution in [-0.2, 0) is 11.3 Å². The van der Waals surface area contributed by atoms with Crippen molar-refractivity contribution in [2.45, 2.75) is 19.0 Å². The first-order chi connectivity index (χ1) is 8.15. The SMILES string of the molecule is O=C(O)CC1CSCCN1Cc1cc(Br)cs1. The van der Waals surface area contributed by atoms with Crippen LogP contribution in [0.4, 0.5) is 0 Å². The van der Waals surface area contributed by atoms with E-state index in [1.54, 1.807) is 11.3 Å². The average molecular weight is 336 g/mol. The molecule has 0 saturated carbocycles. The summed E-state index contributed by atoms with van der Waals surface area (Å²) in [7, 11) is 0. The second kappa shape index (κ2) is 6.22. The van der Waals surface area contributed by atoms with Crippen molar-refractivity contribution < 1.29 is 9.90 Å². The second-order valence-electron chi connectivity index (χ2n) is 4.03. The summed E-state index contributed by atoms with van der Waals surface area (Å²) in [6.07, 6.45) is 0.250. The van der Waals surface area contributed by atoms with Gasteiger partial charge < -0.3 is 5.11 Å². The summed E-state index contributed by atoms with van der Waals surface area (Å²) >= 11 is 7.02. The van der Waals surface area contributed by atoms with Gasteiger partial charge in [-0.1, -0.05) is 0 Å². The lowest BCUT2D eigenvalue weighted by Crippen LogP contribution is -2.42. The van der Waals surface area contributed by atoms with E-state index in [1.165, 1.54) is 4.88 Å². The number of halogens is 1. The minimum atomic E-state index is -0.699. The van der Waals surface area contributed by atoms with Crippen LogP contribution in [0.3, 0.4) is 0 Å². The van der Waals surface area contributed by atoms with Gasteiger partial charge in [0, 0.05) is 45.4 Å². The van der Waals surface area contributed by atoms with Crippen LogP contribution in [0.2, 0.25) is 0 Å². The first kappa shape index (κ1) is 13.4. The highest BCUT2D eigenvalue weighted by Crippen LogP contribution is 2.25. The Morgan fingerprint density at radius 2 is 2.47 bits per heavy atom. The highest BCUT2D eigenvalue weighted by atomic mass is 79.9. The van der Waals surface area contributed by atoms with Crippen molar-refractivity contribution in [3.63, 3.8) is 0 Å². The molecule has 6 heteroatoms. The van der Waals surface area contributed by atoms with E-state index in [2.05, 4.69) is 32.3 Å². The van der Waals surface area contributed by atoms with Crippen molar-refractivity contribution in [1.82, 2.24) is 4.90 Å². The van der Waals surface area contributed by atoms with E-state index in [9.17, 15) is 4.79 Å². The van der Waals surface area contributed by atoms with Crippen molar-refractivity contribution in [1.29, 1.82) is 0 Å². The smallest absolute Gasteiger partial charge is 0.304 e. The maximum absolute atomic E-state index is 10.8. The van der Waals surface area contributed by atoms with E-state index in [0.717, 1.165) is 29.1 Å². The number of thioether (sulfide) groups is 1. The third kappa shape index (κ3) is 3.98. The summed E-state index contributed by atoms with van der Waals surface area (Å²) in [6, 6.07) is 2.29. The quantitative estimate of drug-likeness (QED) is 0.918. The Hall–Kier alpha value is -0.0400. The molecule has 0 aromatic carbocycles. The predicted molar refractivity (Wildman–Crippen MR) is 75.8 cm³/mol. The third-order valence-corrected chi connectivity index (χ3v) is 5.51. The van der Waals surface area contributed by atoms with Crippen LogP contribution >= 0.6 is 39.0 Å². The number of hydrogen-bond acceptors (Lipinski definition) is 4. The summed E-state index contributed by atoms with van der Waals surface area (Å²) < 4.78 is 1.11. The van der Waals surface area contributed by atoms with Gasteiger partial charge >= 0.3 is 5.97 Å². The molecule has 1 aromatic heterocycles. The molecule has 1 aliphatic rings. The number of rotatable bonds is 4. The number of carbonyl (C=O) groups is 1. The number of hydrogen-bond donors (Lipinski definition) is 1. The van der Waals surface area contributed by atoms with Gasteiger partial charge in [-0.05, 0) is 22.0 Å². The molecule has 1 aliphatic heterocycles. The fourth-order valence-corrected chi connectivity index (χ4v) is 4.53. The Morgan fingerprint density at radius 1 is 1.65 bits per heavy atom. The van der Waals surface area contributed by atoms with Gasteiger partial charge in [-0.25, -0.2) is 0 Å². The molecule has 1 N–H and O–H groups in total. The zero-order valence-corrected chi connectivity index (χ0v) is 12.5. The van der Waals surface area contributed by atoms with Gasteiger partial charge in [0.1, 0.15) is 0 Å². The van der Waals surface area contributed by atoms with E-state index in [1.807, 2.05) is 11.8 Å². The van der Waals surface area contributed by atoms with Crippen LogP contribution in [0, 0.1) is 0 Å². The summed E-state index contributed by atoms with van der Waals surface area (Å²) in [5.74, 6) is 1.33. The van der Waals surface area contributed by atoms with Crippen LogP contribution in [-0.4, -0.2) is 40.1 Å². The van der Waals surface area contributed by atoms with Crippen molar-refractivity contribution in [3.8, 4) is 0 Å². The number of carboxylic acids is 1. The molecule has 0 amide bonds. The van der Waals surface area contributed by atoms with Crippen LogP contribution in [0.25, 0.3) is 0 Å². The van der Waals surface area contributed by atoms with E-state index in [4.69, 9.17) is 5.11 Å². The molecule has 2 heterocycles.